The molecule has 0 saturated carbocycles. The molecule has 0 unspecified atom stereocenters. The molecule has 0 aliphatic heterocycles. The van der Waals surface area contributed by atoms with Crippen LogP contribution in [0.15, 0.2) is 66.7 Å². The summed E-state index contributed by atoms with van der Waals surface area (Å²) in [5.41, 5.74) is 11.6. The normalized spacial score (nSPS) is 11.1. The van der Waals surface area contributed by atoms with Crippen LogP contribution in [0.2, 0.25) is 0 Å². The zero-order chi connectivity index (χ0) is 23.6. The van der Waals surface area contributed by atoms with Gasteiger partial charge in [-0.25, -0.2) is 0 Å². The van der Waals surface area contributed by atoms with E-state index in [2.05, 4.69) is 39.5 Å². The minimum atomic E-state index is -0.0883. The third kappa shape index (κ3) is 7.26. The maximum Gasteiger partial charge on any atom is 0.221 e. The van der Waals surface area contributed by atoms with Crippen molar-refractivity contribution in [1.82, 2.24) is 0 Å². The lowest BCUT2D eigenvalue weighted by Gasteiger charge is -2.04. The number of nitrogens with one attached hydrogen (secondary N) is 2. The Hall–Kier alpha value is -4.03. The second-order valence-corrected chi connectivity index (χ2v) is 7.59. The van der Waals surface area contributed by atoms with Crippen LogP contribution in [0, 0.1) is 0 Å². The number of pyridine rings is 1. The number of carbonyl (C=O) groups excluding carboxylic acids is 2. The Morgan fingerprint density at radius 3 is 1.52 bits per heavy atom. The van der Waals surface area contributed by atoms with Crippen molar-refractivity contribution in [2.75, 3.05) is 17.2 Å². The molecule has 33 heavy (non-hydrogen) atoms. The van der Waals surface area contributed by atoms with Crippen molar-refractivity contribution in [3.8, 4) is 0 Å². The van der Waals surface area contributed by atoms with Gasteiger partial charge in [-0.15, -0.1) is 0 Å². The van der Waals surface area contributed by atoms with Crippen molar-refractivity contribution >= 4 is 47.5 Å². The monoisotopic (exact) mass is 441 g/mol. The summed E-state index contributed by atoms with van der Waals surface area (Å²) in [6.45, 7) is 4.19. The molecule has 3 rings (SSSR count). The van der Waals surface area contributed by atoms with Crippen LogP contribution in [-0.2, 0) is 16.1 Å². The van der Waals surface area contributed by atoms with Crippen molar-refractivity contribution in [3.05, 3.63) is 89.2 Å². The lowest BCUT2D eigenvalue weighted by atomic mass is 10.1. The van der Waals surface area contributed by atoms with E-state index in [-0.39, 0.29) is 11.8 Å². The number of nitrogens with zero attached hydrogens (tertiary/aromatic N) is 1. The fourth-order valence-electron chi connectivity index (χ4n) is 3.38. The molecule has 0 bridgehead atoms. The van der Waals surface area contributed by atoms with Crippen LogP contribution in [0.3, 0.4) is 0 Å². The van der Waals surface area contributed by atoms with Gasteiger partial charge in [0.2, 0.25) is 23.2 Å². The highest BCUT2D eigenvalue weighted by Gasteiger charge is 2.12. The first-order chi connectivity index (χ1) is 15.9. The summed E-state index contributed by atoms with van der Waals surface area (Å²) in [6.07, 6.45) is 8.19. The molecular formula is C27H29N4O2+. The third-order valence-corrected chi connectivity index (χ3v) is 4.87. The fraction of sp³-hybridized carbons (Fsp3) is 0.148. The number of benzene rings is 2. The molecule has 6 heteroatoms. The summed E-state index contributed by atoms with van der Waals surface area (Å²) in [5, 5.41) is 5.54. The van der Waals surface area contributed by atoms with Crippen LogP contribution in [0.1, 0.15) is 36.4 Å². The van der Waals surface area contributed by atoms with E-state index in [4.69, 9.17) is 5.73 Å². The highest BCUT2D eigenvalue weighted by Crippen LogP contribution is 2.14. The maximum atomic E-state index is 11.2. The molecule has 168 valence electrons. The molecule has 2 amide bonds. The van der Waals surface area contributed by atoms with Crippen molar-refractivity contribution in [3.63, 3.8) is 0 Å². The zero-order valence-corrected chi connectivity index (χ0v) is 18.9. The predicted molar refractivity (Wildman–Crippen MR) is 135 cm³/mol. The minimum Gasteiger partial charge on any atom is -0.326 e. The van der Waals surface area contributed by atoms with Crippen molar-refractivity contribution < 1.29 is 14.2 Å². The van der Waals surface area contributed by atoms with Gasteiger partial charge in [0.05, 0.1) is 6.54 Å². The summed E-state index contributed by atoms with van der Waals surface area (Å²) in [6, 6.07) is 21.5. The van der Waals surface area contributed by atoms with Gasteiger partial charge in [-0.1, -0.05) is 24.3 Å². The van der Waals surface area contributed by atoms with E-state index in [0.717, 1.165) is 33.9 Å². The topological polar surface area (TPSA) is 88.1 Å². The first kappa shape index (κ1) is 23.6. The molecule has 1 aromatic heterocycles. The first-order valence-electron chi connectivity index (χ1n) is 10.8. The van der Waals surface area contributed by atoms with Gasteiger partial charge in [0, 0.05) is 49.5 Å². The van der Waals surface area contributed by atoms with Crippen LogP contribution < -0.4 is 20.9 Å². The summed E-state index contributed by atoms with van der Waals surface area (Å²) in [5.74, 6) is -0.177. The highest BCUT2D eigenvalue weighted by atomic mass is 16.2. The molecule has 2 aromatic carbocycles. The Balaban J connectivity index is 1.80. The van der Waals surface area contributed by atoms with Gasteiger partial charge in [0.25, 0.3) is 0 Å². The Labute approximate surface area is 194 Å². The van der Waals surface area contributed by atoms with Crippen LogP contribution in [0.4, 0.5) is 11.4 Å². The largest absolute Gasteiger partial charge is 0.326 e. The van der Waals surface area contributed by atoms with Crippen LogP contribution in [0.5, 0.6) is 0 Å². The summed E-state index contributed by atoms with van der Waals surface area (Å²) in [4.78, 5) is 22.4. The van der Waals surface area contributed by atoms with E-state index in [0.29, 0.717) is 13.1 Å². The van der Waals surface area contributed by atoms with Gasteiger partial charge < -0.3 is 16.4 Å². The van der Waals surface area contributed by atoms with Gasteiger partial charge in [0.1, 0.15) is 0 Å². The smallest absolute Gasteiger partial charge is 0.221 e. The lowest BCUT2D eigenvalue weighted by molar-refractivity contribution is -0.697. The van der Waals surface area contributed by atoms with E-state index >= 15 is 0 Å². The second-order valence-electron chi connectivity index (χ2n) is 7.59. The van der Waals surface area contributed by atoms with Gasteiger partial charge in [0.15, 0.2) is 6.54 Å². The predicted octanol–water partition coefficient (Wildman–Crippen LogP) is 4.19. The number of carbonyl (C=O) groups is 2. The van der Waals surface area contributed by atoms with Crippen molar-refractivity contribution in [1.29, 1.82) is 0 Å². The standard InChI is InChI=1S/C27H28N4O2/c1-20(32)29-24-12-6-22(7-13-24)10-16-26-4-3-5-27(31(26)19-18-28)17-11-23-8-14-25(15-9-23)30-21(2)33/h3-17H,18-19,28H2,1-2H3,(H,29,30,32,33)/p+1. The molecule has 0 aliphatic carbocycles. The van der Waals surface area contributed by atoms with Gasteiger partial charge >= 0.3 is 0 Å². The van der Waals surface area contributed by atoms with E-state index in [9.17, 15) is 9.59 Å². The molecule has 1 heterocycles. The second kappa shape index (κ2) is 11.5. The molecule has 0 aliphatic rings. The molecule has 0 spiro atoms. The van der Waals surface area contributed by atoms with E-state index < -0.39 is 0 Å². The molecule has 3 aromatic rings. The zero-order valence-electron chi connectivity index (χ0n) is 18.9. The Morgan fingerprint density at radius 1 is 0.727 bits per heavy atom. The molecular weight excluding hydrogens is 412 g/mol. The van der Waals surface area contributed by atoms with E-state index in [1.165, 1.54) is 13.8 Å². The number of rotatable bonds is 8. The lowest BCUT2D eigenvalue weighted by Crippen LogP contribution is -2.43. The van der Waals surface area contributed by atoms with Crippen LogP contribution in [-0.4, -0.2) is 18.4 Å². The average Bonchev–Trinajstić information content (AvgIpc) is 2.79. The Morgan fingerprint density at radius 2 is 1.15 bits per heavy atom. The molecule has 0 atom stereocenters. The van der Waals surface area contributed by atoms with Crippen molar-refractivity contribution in [2.24, 2.45) is 5.73 Å². The number of nitrogens with two attached hydrogens (primary N) is 1. The number of aromatic nitrogens is 1. The number of hydrogen-bond acceptors (Lipinski definition) is 3. The highest BCUT2D eigenvalue weighted by molar-refractivity contribution is 5.89. The molecule has 4 N–H and O–H groups in total. The van der Waals surface area contributed by atoms with E-state index in [1.807, 2.05) is 66.7 Å². The van der Waals surface area contributed by atoms with Crippen LogP contribution in [0.25, 0.3) is 24.3 Å². The summed E-state index contributed by atoms with van der Waals surface area (Å²) in [7, 11) is 0. The Kier molecular flexibility index (Phi) is 8.27. The number of amides is 2. The molecule has 0 fully saturated rings. The Bertz CT molecular complexity index is 1080. The maximum absolute atomic E-state index is 11.2. The fourth-order valence-corrected chi connectivity index (χ4v) is 3.38. The molecule has 0 radical (unpaired) electrons. The van der Waals surface area contributed by atoms with Gasteiger partial charge in [-0.2, -0.15) is 4.57 Å². The van der Waals surface area contributed by atoms with Crippen molar-refractivity contribution in [2.45, 2.75) is 20.4 Å². The molecule has 6 nitrogen and oxygen atoms in total. The SMILES string of the molecule is CC(=O)Nc1ccc(/C=C/c2cccc(/C=C/c3ccc(NC(C)=O)cc3)[n+]2CCN)cc1. The third-order valence-electron chi connectivity index (χ3n) is 4.87. The number of hydrogen-bond donors (Lipinski definition) is 3. The summed E-state index contributed by atoms with van der Waals surface area (Å²) < 4.78 is 2.17. The van der Waals surface area contributed by atoms with Crippen LogP contribution >= 0.6 is 0 Å². The number of anilines is 2. The van der Waals surface area contributed by atoms with Gasteiger partial charge in [-0.05, 0) is 53.6 Å². The van der Waals surface area contributed by atoms with Gasteiger partial charge in [-0.3, -0.25) is 9.59 Å². The first-order valence-corrected chi connectivity index (χ1v) is 10.8. The van der Waals surface area contributed by atoms with E-state index in [1.54, 1.807) is 0 Å². The minimum absolute atomic E-state index is 0.0883. The summed E-state index contributed by atoms with van der Waals surface area (Å²) >= 11 is 0. The average molecular weight is 442 g/mol. The quantitative estimate of drug-likeness (QED) is 0.458. The molecule has 0 saturated heterocycles.